The smallest absolute Gasteiger partial charge is 0.249 e. The van der Waals surface area contributed by atoms with E-state index >= 15 is 0 Å². The van der Waals surface area contributed by atoms with Gasteiger partial charge in [-0.1, -0.05) is 28.1 Å². The summed E-state index contributed by atoms with van der Waals surface area (Å²) in [4.78, 5) is 25.3. The fourth-order valence-electron chi connectivity index (χ4n) is 1.90. The summed E-state index contributed by atoms with van der Waals surface area (Å²) in [7, 11) is 0. The maximum absolute atomic E-state index is 12.2. The molecule has 18 heavy (non-hydrogen) atoms. The van der Waals surface area contributed by atoms with E-state index in [1.807, 2.05) is 24.3 Å². The summed E-state index contributed by atoms with van der Waals surface area (Å²) in [5, 5.41) is 2.94. The molecule has 1 aliphatic rings. The molecule has 2 rings (SSSR count). The molecule has 1 N–H and O–H groups in total. The molecule has 4 nitrogen and oxygen atoms in total. The van der Waals surface area contributed by atoms with Gasteiger partial charge in [-0.05, 0) is 31.5 Å². The van der Waals surface area contributed by atoms with E-state index in [0.717, 1.165) is 10.0 Å². The van der Waals surface area contributed by atoms with Crippen LogP contribution in [-0.2, 0) is 16.1 Å². The first-order chi connectivity index (χ1) is 8.40. The Balaban J connectivity index is 2.21. The van der Waals surface area contributed by atoms with Gasteiger partial charge in [-0.15, -0.1) is 0 Å². The number of halogens is 1. The number of rotatable bonds is 2. The van der Waals surface area contributed by atoms with E-state index in [1.54, 1.807) is 13.8 Å². The van der Waals surface area contributed by atoms with Crippen molar-refractivity contribution in [3.63, 3.8) is 0 Å². The molecule has 0 bridgehead atoms. The largest absolute Gasteiger partial charge is 0.295 e. The number of piperazine rings is 1. The van der Waals surface area contributed by atoms with Crippen molar-refractivity contribution in [1.82, 2.24) is 10.2 Å². The van der Waals surface area contributed by atoms with Crippen LogP contribution in [0.1, 0.15) is 19.4 Å². The van der Waals surface area contributed by atoms with Crippen LogP contribution in [0.5, 0.6) is 0 Å². The van der Waals surface area contributed by atoms with Gasteiger partial charge in [0.15, 0.2) is 0 Å². The lowest BCUT2D eigenvalue weighted by Crippen LogP contribution is -2.63. The Morgan fingerprint density at radius 1 is 1.39 bits per heavy atom. The molecule has 1 aliphatic heterocycles. The van der Waals surface area contributed by atoms with E-state index in [2.05, 4.69) is 21.2 Å². The number of hydrogen-bond donors (Lipinski definition) is 1. The summed E-state index contributed by atoms with van der Waals surface area (Å²) in [6.07, 6.45) is 0. The van der Waals surface area contributed by atoms with Gasteiger partial charge < -0.3 is 0 Å². The minimum atomic E-state index is -0.681. The highest BCUT2D eigenvalue weighted by molar-refractivity contribution is 9.10. The molecule has 0 aliphatic carbocycles. The zero-order valence-corrected chi connectivity index (χ0v) is 12.0. The van der Waals surface area contributed by atoms with Crippen LogP contribution in [0.2, 0.25) is 0 Å². The van der Waals surface area contributed by atoms with Gasteiger partial charge in [-0.2, -0.15) is 0 Å². The van der Waals surface area contributed by atoms with Crippen LogP contribution in [0.15, 0.2) is 28.7 Å². The highest BCUT2D eigenvalue weighted by Gasteiger charge is 2.39. The minimum absolute atomic E-state index is 0.181. The molecular formula is C13H15BrN2O2. The molecule has 1 fully saturated rings. The van der Waals surface area contributed by atoms with E-state index in [4.69, 9.17) is 0 Å². The highest BCUT2D eigenvalue weighted by atomic mass is 79.9. The lowest BCUT2D eigenvalue weighted by Gasteiger charge is -2.36. The second-order valence-corrected chi connectivity index (χ2v) is 5.81. The number of imide groups is 1. The summed E-state index contributed by atoms with van der Waals surface area (Å²) >= 11 is 3.38. The number of nitrogens with zero attached hydrogens (tertiary/aromatic N) is 1. The third-order valence-corrected chi connectivity index (χ3v) is 3.49. The van der Waals surface area contributed by atoms with Crippen LogP contribution in [0.25, 0.3) is 0 Å². The quantitative estimate of drug-likeness (QED) is 0.846. The normalized spacial score (nSPS) is 19.2. The van der Waals surface area contributed by atoms with Crippen molar-refractivity contribution >= 4 is 27.7 Å². The second kappa shape index (κ2) is 4.82. The molecule has 5 heteroatoms. The van der Waals surface area contributed by atoms with E-state index in [-0.39, 0.29) is 18.4 Å². The van der Waals surface area contributed by atoms with Gasteiger partial charge in [-0.25, -0.2) is 0 Å². The maximum atomic E-state index is 12.2. The number of amides is 2. The lowest BCUT2D eigenvalue weighted by molar-refractivity contribution is -0.153. The van der Waals surface area contributed by atoms with Crippen molar-refractivity contribution < 1.29 is 9.59 Å². The molecule has 0 saturated carbocycles. The van der Waals surface area contributed by atoms with Crippen molar-refractivity contribution in [3.05, 3.63) is 34.3 Å². The molecule has 1 aromatic carbocycles. The SMILES string of the molecule is CC1(C)NCC(=O)N(Cc2cccc(Br)c2)C1=O. The van der Waals surface area contributed by atoms with Crippen LogP contribution >= 0.6 is 15.9 Å². The first-order valence-electron chi connectivity index (χ1n) is 5.74. The molecule has 0 unspecified atom stereocenters. The fraction of sp³-hybridized carbons (Fsp3) is 0.385. The van der Waals surface area contributed by atoms with Gasteiger partial charge in [0, 0.05) is 4.47 Å². The molecule has 0 spiro atoms. The van der Waals surface area contributed by atoms with Crippen LogP contribution < -0.4 is 5.32 Å². The fourth-order valence-corrected chi connectivity index (χ4v) is 2.34. The standard InChI is InChI=1S/C13H15BrN2O2/c1-13(2)12(18)16(11(17)7-15-13)8-9-4-3-5-10(14)6-9/h3-6,15H,7-8H2,1-2H3. The molecule has 1 heterocycles. The predicted octanol–water partition coefficient (Wildman–Crippen LogP) is 1.69. The highest BCUT2D eigenvalue weighted by Crippen LogP contribution is 2.18. The molecule has 1 saturated heterocycles. The number of carbonyl (C=O) groups is 2. The molecular weight excluding hydrogens is 296 g/mol. The Morgan fingerprint density at radius 2 is 2.11 bits per heavy atom. The summed E-state index contributed by atoms with van der Waals surface area (Å²) in [6.45, 7) is 4.10. The van der Waals surface area contributed by atoms with Gasteiger partial charge in [0.25, 0.3) is 0 Å². The lowest BCUT2D eigenvalue weighted by atomic mass is 10.00. The summed E-state index contributed by atoms with van der Waals surface area (Å²) in [5.41, 5.74) is 0.253. The van der Waals surface area contributed by atoms with Crippen molar-refractivity contribution in [1.29, 1.82) is 0 Å². The first kappa shape index (κ1) is 13.2. The van der Waals surface area contributed by atoms with Gasteiger partial charge >= 0.3 is 0 Å². The van der Waals surface area contributed by atoms with Crippen molar-refractivity contribution in [2.24, 2.45) is 0 Å². The topological polar surface area (TPSA) is 49.4 Å². The Labute approximate surface area is 114 Å². The van der Waals surface area contributed by atoms with E-state index in [0.29, 0.717) is 6.54 Å². The van der Waals surface area contributed by atoms with Crippen molar-refractivity contribution in [2.45, 2.75) is 25.9 Å². The Hall–Kier alpha value is -1.20. The number of benzene rings is 1. The van der Waals surface area contributed by atoms with Crippen molar-refractivity contribution in [2.75, 3.05) is 6.54 Å². The molecule has 0 aromatic heterocycles. The van der Waals surface area contributed by atoms with Crippen LogP contribution in [0, 0.1) is 0 Å². The van der Waals surface area contributed by atoms with E-state index in [1.165, 1.54) is 4.90 Å². The van der Waals surface area contributed by atoms with Gasteiger partial charge in [0.05, 0.1) is 18.6 Å². The zero-order valence-electron chi connectivity index (χ0n) is 10.4. The molecule has 2 amide bonds. The number of hydrogen-bond acceptors (Lipinski definition) is 3. The average Bonchev–Trinajstić information content (AvgIpc) is 2.31. The molecule has 0 atom stereocenters. The maximum Gasteiger partial charge on any atom is 0.249 e. The van der Waals surface area contributed by atoms with Crippen LogP contribution in [0.3, 0.4) is 0 Å². The van der Waals surface area contributed by atoms with Gasteiger partial charge in [-0.3, -0.25) is 19.8 Å². The van der Waals surface area contributed by atoms with E-state index in [9.17, 15) is 9.59 Å². The molecule has 96 valence electrons. The second-order valence-electron chi connectivity index (χ2n) is 4.89. The summed E-state index contributed by atoms with van der Waals surface area (Å²) in [5.74, 6) is -0.363. The van der Waals surface area contributed by atoms with Crippen LogP contribution in [-0.4, -0.2) is 28.8 Å². The van der Waals surface area contributed by atoms with Gasteiger partial charge in [0.1, 0.15) is 0 Å². The average molecular weight is 311 g/mol. The zero-order chi connectivity index (χ0) is 13.3. The third kappa shape index (κ3) is 2.62. The number of nitrogens with one attached hydrogen (secondary N) is 1. The molecule has 0 radical (unpaired) electrons. The molecule has 1 aromatic rings. The number of carbonyl (C=O) groups excluding carboxylic acids is 2. The summed E-state index contributed by atoms with van der Waals surface area (Å²) < 4.78 is 0.939. The monoisotopic (exact) mass is 310 g/mol. The Bertz CT molecular complexity index is 500. The van der Waals surface area contributed by atoms with Gasteiger partial charge in [0.2, 0.25) is 11.8 Å². The first-order valence-corrected chi connectivity index (χ1v) is 6.54. The Morgan fingerprint density at radius 3 is 2.78 bits per heavy atom. The minimum Gasteiger partial charge on any atom is -0.295 e. The van der Waals surface area contributed by atoms with Crippen LogP contribution in [0.4, 0.5) is 0 Å². The van der Waals surface area contributed by atoms with E-state index < -0.39 is 5.54 Å². The van der Waals surface area contributed by atoms with Crippen molar-refractivity contribution in [3.8, 4) is 0 Å². The Kier molecular flexibility index (Phi) is 3.54. The predicted molar refractivity (Wildman–Crippen MR) is 71.8 cm³/mol. The third-order valence-electron chi connectivity index (χ3n) is 2.99. The summed E-state index contributed by atoms with van der Waals surface area (Å²) in [6, 6.07) is 7.62.